The van der Waals surface area contributed by atoms with Crippen LogP contribution in [-0.2, 0) is 31.4 Å². The van der Waals surface area contributed by atoms with Gasteiger partial charge in [-0.3, -0.25) is 4.79 Å². The first-order chi connectivity index (χ1) is 17.7. The molecule has 1 aliphatic carbocycles. The van der Waals surface area contributed by atoms with Crippen LogP contribution < -0.4 is 5.32 Å². The minimum absolute atomic E-state index is 0.0268. The van der Waals surface area contributed by atoms with Crippen molar-refractivity contribution in [1.29, 1.82) is 0 Å². The molecular formula is C26H31N3O6S2. The van der Waals surface area contributed by atoms with E-state index in [1.54, 1.807) is 49.5 Å². The molecule has 37 heavy (non-hydrogen) atoms. The van der Waals surface area contributed by atoms with Gasteiger partial charge in [0.2, 0.25) is 26.0 Å². The highest BCUT2D eigenvalue weighted by Crippen LogP contribution is 2.27. The SMILES string of the molecule is CN(C1CCCCC1)S(=O)(=O)c1ccc(S(=O)(=O)N(CC(=O)Nc2ccccc2)Cc2ccco2)cc1. The molecule has 0 aliphatic heterocycles. The van der Waals surface area contributed by atoms with E-state index in [9.17, 15) is 21.6 Å². The second kappa shape index (κ2) is 11.6. The molecular weight excluding hydrogens is 514 g/mol. The number of anilines is 1. The lowest BCUT2D eigenvalue weighted by Gasteiger charge is -2.30. The first-order valence-electron chi connectivity index (χ1n) is 12.1. The molecule has 1 aromatic heterocycles. The molecule has 1 amide bonds. The third-order valence-electron chi connectivity index (χ3n) is 6.52. The zero-order valence-corrected chi connectivity index (χ0v) is 22.2. The maximum atomic E-state index is 13.5. The Hall–Kier alpha value is -2.99. The minimum Gasteiger partial charge on any atom is -0.468 e. The molecule has 9 nitrogen and oxygen atoms in total. The summed E-state index contributed by atoms with van der Waals surface area (Å²) < 4.78 is 61.1. The largest absolute Gasteiger partial charge is 0.468 e. The molecule has 0 radical (unpaired) electrons. The van der Waals surface area contributed by atoms with Gasteiger partial charge in [0.1, 0.15) is 5.76 Å². The third kappa shape index (κ3) is 6.48. The average molecular weight is 546 g/mol. The number of para-hydroxylation sites is 1. The number of nitrogens with one attached hydrogen (secondary N) is 1. The Kier molecular flexibility index (Phi) is 8.48. The highest BCUT2D eigenvalue weighted by molar-refractivity contribution is 7.89. The van der Waals surface area contributed by atoms with Gasteiger partial charge in [-0.15, -0.1) is 0 Å². The van der Waals surface area contributed by atoms with Gasteiger partial charge in [-0.05, 0) is 61.4 Å². The number of carbonyl (C=O) groups excluding carboxylic acids is 1. The van der Waals surface area contributed by atoms with E-state index in [-0.39, 0.29) is 22.4 Å². The molecule has 1 fully saturated rings. The number of rotatable bonds is 10. The van der Waals surface area contributed by atoms with E-state index in [1.807, 2.05) is 0 Å². The summed E-state index contributed by atoms with van der Waals surface area (Å²) in [5.74, 6) is -0.154. The minimum atomic E-state index is -4.16. The molecule has 198 valence electrons. The van der Waals surface area contributed by atoms with Crippen molar-refractivity contribution in [2.24, 2.45) is 0 Å². The standard InChI is InChI=1S/C26H31N3O6S2/c1-28(22-11-6-3-7-12-22)36(31,32)24-14-16-25(17-15-24)37(33,34)29(19-23-13-8-18-35-23)20-26(30)27-21-9-4-2-5-10-21/h2,4-5,8-10,13-18,22H,3,6-7,11-12,19-20H2,1H3,(H,27,30). The summed E-state index contributed by atoms with van der Waals surface area (Å²) in [5.41, 5.74) is 0.541. The van der Waals surface area contributed by atoms with E-state index < -0.39 is 32.5 Å². The predicted octanol–water partition coefficient (Wildman–Crippen LogP) is 4.06. The zero-order valence-electron chi connectivity index (χ0n) is 20.6. The topological polar surface area (TPSA) is 117 Å². The lowest BCUT2D eigenvalue weighted by molar-refractivity contribution is -0.116. The summed E-state index contributed by atoms with van der Waals surface area (Å²) in [7, 11) is -6.36. The van der Waals surface area contributed by atoms with Crippen LogP contribution in [0.2, 0.25) is 0 Å². The molecule has 0 spiro atoms. The summed E-state index contributed by atoms with van der Waals surface area (Å²) in [5, 5.41) is 2.69. The number of benzene rings is 2. The van der Waals surface area contributed by atoms with Crippen LogP contribution in [0.3, 0.4) is 0 Å². The average Bonchev–Trinajstić information content (AvgIpc) is 3.42. The zero-order chi connectivity index (χ0) is 26.5. The number of nitrogens with zero attached hydrogens (tertiary/aromatic N) is 2. The summed E-state index contributed by atoms with van der Waals surface area (Å²) in [6.07, 6.45) is 6.14. The molecule has 0 unspecified atom stereocenters. The smallest absolute Gasteiger partial charge is 0.243 e. The second-order valence-corrected chi connectivity index (χ2v) is 13.0. The number of furan rings is 1. The molecule has 1 heterocycles. The van der Waals surface area contributed by atoms with Crippen LogP contribution in [0.25, 0.3) is 0 Å². The molecule has 1 aliphatic rings. The van der Waals surface area contributed by atoms with E-state index in [2.05, 4.69) is 5.32 Å². The van der Waals surface area contributed by atoms with E-state index in [0.717, 1.165) is 36.4 Å². The molecule has 1 saturated carbocycles. The molecule has 1 N–H and O–H groups in total. The fourth-order valence-corrected chi connectivity index (χ4v) is 7.20. The lowest BCUT2D eigenvalue weighted by Crippen LogP contribution is -2.38. The normalized spacial score (nSPS) is 15.2. The van der Waals surface area contributed by atoms with Crippen LogP contribution in [0.15, 0.2) is 87.2 Å². The van der Waals surface area contributed by atoms with Crippen molar-refractivity contribution in [1.82, 2.24) is 8.61 Å². The summed E-state index contributed by atoms with van der Waals surface area (Å²) in [6.45, 7) is -0.621. The second-order valence-electron chi connectivity index (χ2n) is 9.05. The maximum Gasteiger partial charge on any atom is 0.243 e. The molecule has 3 aromatic rings. The molecule has 2 aromatic carbocycles. The molecule has 11 heteroatoms. The van der Waals surface area contributed by atoms with Gasteiger partial charge in [-0.25, -0.2) is 16.8 Å². The van der Waals surface area contributed by atoms with Gasteiger partial charge < -0.3 is 9.73 Å². The van der Waals surface area contributed by atoms with Crippen molar-refractivity contribution in [3.8, 4) is 0 Å². The van der Waals surface area contributed by atoms with E-state index >= 15 is 0 Å². The van der Waals surface area contributed by atoms with E-state index in [4.69, 9.17) is 4.42 Å². The Labute approximate surface area is 218 Å². The number of carbonyl (C=O) groups is 1. The summed E-state index contributed by atoms with van der Waals surface area (Å²) >= 11 is 0. The Balaban J connectivity index is 1.55. The Morgan fingerprint density at radius 1 is 0.865 bits per heavy atom. The van der Waals surface area contributed by atoms with Gasteiger partial charge in [-0.2, -0.15) is 8.61 Å². The van der Waals surface area contributed by atoms with Crippen LogP contribution in [0.1, 0.15) is 37.9 Å². The van der Waals surface area contributed by atoms with Gasteiger partial charge in [-0.1, -0.05) is 37.5 Å². The van der Waals surface area contributed by atoms with Gasteiger partial charge >= 0.3 is 0 Å². The molecule has 0 bridgehead atoms. The molecule has 4 rings (SSSR count). The van der Waals surface area contributed by atoms with Crippen molar-refractivity contribution in [3.05, 3.63) is 78.8 Å². The lowest BCUT2D eigenvalue weighted by atomic mass is 9.96. The Bertz CT molecular complexity index is 1380. The highest BCUT2D eigenvalue weighted by atomic mass is 32.2. The van der Waals surface area contributed by atoms with Crippen LogP contribution in [0, 0.1) is 0 Å². The highest BCUT2D eigenvalue weighted by Gasteiger charge is 2.31. The first-order valence-corrected chi connectivity index (χ1v) is 15.0. The number of hydrogen-bond donors (Lipinski definition) is 1. The van der Waals surface area contributed by atoms with Gasteiger partial charge in [0.15, 0.2) is 0 Å². The first kappa shape index (κ1) is 27.1. The van der Waals surface area contributed by atoms with Crippen molar-refractivity contribution < 1.29 is 26.0 Å². The van der Waals surface area contributed by atoms with Crippen molar-refractivity contribution in [2.75, 3.05) is 18.9 Å². The van der Waals surface area contributed by atoms with Crippen LogP contribution in [-0.4, -0.2) is 51.0 Å². The predicted molar refractivity (Wildman–Crippen MR) is 140 cm³/mol. The fraction of sp³-hybridized carbons (Fsp3) is 0.346. The summed E-state index contributed by atoms with van der Waals surface area (Å²) in [4.78, 5) is 12.6. The number of sulfonamides is 2. The number of amides is 1. The Morgan fingerprint density at radius 2 is 1.49 bits per heavy atom. The van der Waals surface area contributed by atoms with E-state index in [1.165, 1.54) is 34.8 Å². The van der Waals surface area contributed by atoms with Gasteiger partial charge in [0, 0.05) is 18.8 Å². The molecule has 0 saturated heterocycles. The van der Waals surface area contributed by atoms with Gasteiger partial charge in [0.25, 0.3) is 0 Å². The maximum absolute atomic E-state index is 13.5. The van der Waals surface area contributed by atoms with Crippen molar-refractivity contribution in [2.45, 2.75) is 54.5 Å². The van der Waals surface area contributed by atoms with Crippen molar-refractivity contribution in [3.63, 3.8) is 0 Å². The monoisotopic (exact) mass is 545 g/mol. The quantitative estimate of drug-likeness (QED) is 0.411. The molecule has 0 atom stereocenters. The van der Waals surface area contributed by atoms with Crippen LogP contribution in [0.4, 0.5) is 5.69 Å². The van der Waals surface area contributed by atoms with Gasteiger partial charge in [0.05, 0.1) is 29.1 Å². The van der Waals surface area contributed by atoms with Crippen LogP contribution in [0.5, 0.6) is 0 Å². The number of hydrogen-bond acceptors (Lipinski definition) is 6. The fourth-order valence-electron chi connectivity index (χ4n) is 4.42. The third-order valence-corrected chi connectivity index (χ3v) is 10.2. The Morgan fingerprint density at radius 3 is 2.08 bits per heavy atom. The van der Waals surface area contributed by atoms with Crippen molar-refractivity contribution >= 4 is 31.6 Å². The van der Waals surface area contributed by atoms with Crippen LogP contribution >= 0.6 is 0 Å². The van der Waals surface area contributed by atoms with E-state index in [0.29, 0.717) is 11.4 Å². The summed E-state index contributed by atoms with van der Waals surface area (Å²) in [6, 6.07) is 17.0.